The summed E-state index contributed by atoms with van der Waals surface area (Å²) in [6, 6.07) is 0. The molecule has 0 saturated carbocycles. The molecule has 0 aromatic rings. The van der Waals surface area contributed by atoms with Gasteiger partial charge < -0.3 is 38.6 Å². The first-order valence-corrected chi connectivity index (χ1v) is 6.37. The summed E-state index contributed by atoms with van der Waals surface area (Å²) in [4.78, 5) is 35.1. The van der Waals surface area contributed by atoms with Crippen LogP contribution in [0.2, 0.25) is 0 Å². The summed E-state index contributed by atoms with van der Waals surface area (Å²) >= 11 is 0. The molecular weight excluding hydrogens is 316 g/mol. The molecule has 0 fully saturated rings. The summed E-state index contributed by atoms with van der Waals surface area (Å²) in [6.07, 6.45) is 0. The normalized spacial score (nSPS) is 15.3. The van der Waals surface area contributed by atoms with Crippen LogP contribution in [-0.4, -0.2) is 35.4 Å². The first-order valence-electron chi connectivity index (χ1n) is 3.21. The maximum Gasteiger partial charge on any atom is 1.00 e. The Balaban J connectivity index is -0.0000000980. The van der Waals surface area contributed by atoms with Gasteiger partial charge in [-0.25, -0.2) is 0 Å². The summed E-state index contributed by atoms with van der Waals surface area (Å²) in [5.74, 6) is 0. The second kappa shape index (κ2) is 12.0. The summed E-state index contributed by atoms with van der Waals surface area (Å²) in [7, 11) is -7.25. The van der Waals surface area contributed by atoms with Crippen LogP contribution >= 0.6 is 15.2 Å². The van der Waals surface area contributed by atoms with Crippen molar-refractivity contribution in [3.63, 3.8) is 0 Å². The maximum atomic E-state index is 9.95. The third-order valence-corrected chi connectivity index (χ3v) is 2.87. The van der Waals surface area contributed by atoms with Crippen LogP contribution in [0.1, 0.15) is 0 Å². The van der Waals surface area contributed by atoms with Crippen molar-refractivity contribution in [2.24, 2.45) is 0 Å². The Hall–Kier alpha value is 1.24. The van der Waals surface area contributed by atoms with E-state index in [9.17, 15) is 28.9 Å². The average molecular weight is 324 g/mol. The van der Waals surface area contributed by atoms with Gasteiger partial charge in [-0.1, -0.05) is 0 Å². The Labute approximate surface area is 146 Å². The number of carboxylic acid groups (broad SMARTS) is 2. The molecule has 14 heteroatoms. The first-order chi connectivity index (χ1) is 7.01. The molecule has 0 saturated heterocycles. The first kappa shape index (κ1) is 27.6. The van der Waals surface area contributed by atoms with Gasteiger partial charge in [0.1, 0.15) is 0 Å². The summed E-state index contributed by atoms with van der Waals surface area (Å²) in [5, 5.41) is 19.0. The van der Waals surface area contributed by atoms with Crippen LogP contribution in [0, 0.1) is 0 Å². The molecule has 10 nitrogen and oxygen atoms in total. The smallest absolute Gasteiger partial charge is 0.538 e. The van der Waals surface area contributed by atoms with Gasteiger partial charge in [0.2, 0.25) is 0 Å². The van der Waals surface area contributed by atoms with E-state index in [2.05, 4.69) is 9.05 Å². The van der Waals surface area contributed by atoms with E-state index in [1.165, 1.54) is 0 Å². The molecule has 18 heavy (non-hydrogen) atoms. The van der Waals surface area contributed by atoms with Crippen molar-refractivity contribution < 1.29 is 107 Å². The summed E-state index contributed by atoms with van der Waals surface area (Å²) < 4.78 is 27.2. The van der Waals surface area contributed by atoms with Crippen molar-refractivity contribution >= 4 is 26.6 Å². The topological polar surface area (TPSA) is 173 Å². The molecule has 0 spiro atoms. The van der Waals surface area contributed by atoms with E-state index in [1.807, 2.05) is 0 Å². The van der Waals surface area contributed by atoms with Gasteiger partial charge in [0.05, 0.1) is 0 Å². The number of hydrogen-bond donors (Lipinski definition) is 2. The average Bonchev–Trinajstić information content (AvgIpc) is 2.18. The molecule has 0 rings (SSSR count). The molecular formula is C4H8Na2O10P2. The van der Waals surface area contributed by atoms with Gasteiger partial charge in [0.15, 0.2) is 11.4 Å². The minimum absolute atomic E-state index is 0. The summed E-state index contributed by atoms with van der Waals surface area (Å²) in [6.45, 7) is 0. The van der Waals surface area contributed by atoms with E-state index < -0.39 is 26.6 Å². The van der Waals surface area contributed by atoms with Gasteiger partial charge in [0, 0.05) is 14.2 Å². The molecule has 2 unspecified atom stereocenters. The fraction of sp³-hybridized carbons (Fsp3) is 0.500. The molecule has 0 amide bonds. The maximum absolute atomic E-state index is 9.95. The van der Waals surface area contributed by atoms with Gasteiger partial charge in [-0.2, -0.15) is 0 Å². The van der Waals surface area contributed by atoms with E-state index in [1.54, 1.807) is 0 Å². The quantitative estimate of drug-likeness (QED) is 0.373. The largest absolute Gasteiger partial charge is 1.00 e. The van der Waals surface area contributed by atoms with Crippen LogP contribution < -0.4 is 69.3 Å². The molecule has 96 valence electrons. The minimum Gasteiger partial charge on any atom is -0.538 e. The number of carbonyl (C=O) groups is 2. The Kier molecular flexibility index (Phi) is 18.4. The van der Waals surface area contributed by atoms with Crippen LogP contribution in [-0.2, 0) is 18.2 Å². The van der Waals surface area contributed by atoms with Crippen molar-refractivity contribution in [1.29, 1.82) is 0 Å². The molecule has 0 heterocycles. The van der Waals surface area contributed by atoms with Crippen molar-refractivity contribution in [2.75, 3.05) is 14.2 Å². The molecule has 2 N–H and O–H groups in total. The van der Waals surface area contributed by atoms with Gasteiger partial charge in [0.25, 0.3) is 0 Å². The zero-order valence-corrected chi connectivity index (χ0v) is 15.8. The van der Waals surface area contributed by atoms with Crippen LogP contribution in [0.5, 0.6) is 0 Å². The van der Waals surface area contributed by atoms with E-state index in [0.29, 0.717) is 0 Å². The van der Waals surface area contributed by atoms with Crippen molar-refractivity contribution in [2.45, 2.75) is 0 Å². The fourth-order valence-electron chi connectivity index (χ4n) is 0.149. The van der Waals surface area contributed by atoms with E-state index in [-0.39, 0.29) is 59.1 Å². The Morgan fingerprint density at radius 3 is 1.06 bits per heavy atom. The minimum atomic E-state index is -4.44. The zero-order valence-electron chi connectivity index (χ0n) is 10.1. The molecule has 0 aliphatic rings. The fourth-order valence-corrected chi connectivity index (χ4v) is 0.447. The van der Waals surface area contributed by atoms with Crippen LogP contribution in [0.3, 0.4) is 0 Å². The predicted octanol–water partition coefficient (Wildman–Crippen LogP) is -7.67. The van der Waals surface area contributed by atoms with Gasteiger partial charge >= 0.3 is 74.3 Å². The standard InChI is InChI=1S/2C2H5O5P.2Na/c2*1-7-8(5,6)2(3)4;;/h2*1H3,(H,3,4)(H,5,6);;/q;;2*+1/p-2. The second-order valence-corrected chi connectivity index (χ2v) is 5.48. The molecule has 0 aliphatic heterocycles. The summed E-state index contributed by atoms with van der Waals surface area (Å²) in [5.41, 5.74) is -4.17. The van der Waals surface area contributed by atoms with Crippen LogP contribution in [0.4, 0.5) is 9.59 Å². The second-order valence-electron chi connectivity index (χ2n) is 1.94. The molecule has 0 radical (unpaired) electrons. The van der Waals surface area contributed by atoms with Crippen molar-refractivity contribution in [3.05, 3.63) is 0 Å². The molecule has 0 aliphatic carbocycles. The molecule has 0 aromatic carbocycles. The SMILES string of the molecule is COP(=O)(O)C(=O)[O-].COP(=O)(O)C(=O)[O-].[Na+].[Na+]. The van der Waals surface area contributed by atoms with Gasteiger partial charge in [-0.3, -0.25) is 9.13 Å². The molecule has 0 bridgehead atoms. The Morgan fingerprint density at radius 1 is 0.889 bits per heavy atom. The third kappa shape index (κ3) is 12.3. The van der Waals surface area contributed by atoms with E-state index in [4.69, 9.17) is 9.79 Å². The van der Waals surface area contributed by atoms with Gasteiger partial charge in [-0.05, 0) is 0 Å². The van der Waals surface area contributed by atoms with Crippen molar-refractivity contribution in [3.8, 4) is 0 Å². The Bertz CT molecular complexity index is 322. The zero-order chi connectivity index (χ0) is 13.6. The van der Waals surface area contributed by atoms with E-state index in [0.717, 1.165) is 14.2 Å². The number of carbonyl (C=O) groups excluding carboxylic acids is 2. The third-order valence-electron chi connectivity index (χ3n) is 0.956. The van der Waals surface area contributed by atoms with Gasteiger partial charge in [-0.15, -0.1) is 0 Å². The predicted molar refractivity (Wildman–Crippen MR) is 44.5 cm³/mol. The van der Waals surface area contributed by atoms with Crippen LogP contribution in [0.15, 0.2) is 0 Å². The number of hydrogen-bond acceptors (Lipinski definition) is 8. The monoisotopic (exact) mass is 324 g/mol. The van der Waals surface area contributed by atoms with Crippen LogP contribution in [0.25, 0.3) is 0 Å². The molecule has 2 atom stereocenters. The van der Waals surface area contributed by atoms with Crippen molar-refractivity contribution in [1.82, 2.24) is 0 Å². The molecule has 0 aromatic heterocycles. The Morgan fingerprint density at radius 2 is 1.06 bits per heavy atom. The van der Waals surface area contributed by atoms with E-state index >= 15 is 0 Å². The number of rotatable bonds is 4.